The number of carbonyl (C=O) groups excluding carboxylic acids is 1. The van der Waals surface area contributed by atoms with Gasteiger partial charge in [0.25, 0.3) is 0 Å². The number of hydrogen-bond donors (Lipinski definition) is 1. The number of aromatic nitrogens is 1. The maximum Gasteiger partial charge on any atom is 0.152 e. The number of fused-ring (bicyclic) bond motifs is 1. The summed E-state index contributed by atoms with van der Waals surface area (Å²) in [6, 6.07) is 14.2. The van der Waals surface area contributed by atoms with E-state index in [2.05, 4.69) is 76.5 Å². The zero-order chi connectivity index (χ0) is 25.8. The molecule has 0 saturated carbocycles. The van der Waals surface area contributed by atoms with Crippen LogP contribution in [0.5, 0.6) is 0 Å². The zero-order valence-corrected chi connectivity index (χ0v) is 21.8. The van der Waals surface area contributed by atoms with Gasteiger partial charge in [0.2, 0.25) is 0 Å². The van der Waals surface area contributed by atoms with E-state index in [1.165, 1.54) is 11.1 Å². The highest BCUT2D eigenvalue weighted by Crippen LogP contribution is 2.40. The van der Waals surface area contributed by atoms with Crippen molar-refractivity contribution in [3.63, 3.8) is 0 Å². The minimum Gasteiger partial charge on any atom is -0.388 e. The van der Waals surface area contributed by atoms with Crippen LogP contribution in [-0.4, -0.2) is 57.7 Å². The van der Waals surface area contributed by atoms with Gasteiger partial charge in [-0.15, -0.1) is 0 Å². The number of methoxy groups -OCH3 is 1. The molecule has 3 aromatic rings. The Morgan fingerprint density at radius 2 is 1.69 bits per heavy atom. The molecule has 2 aromatic carbocycles. The van der Waals surface area contributed by atoms with Gasteiger partial charge in [0.05, 0.1) is 11.2 Å². The maximum absolute atomic E-state index is 11.3. The van der Waals surface area contributed by atoms with Crippen molar-refractivity contribution >= 4 is 41.1 Å². The van der Waals surface area contributed by atoms with Gasteiger partial charge in [-0.3, -0.25) is 9.79 Å². The Hall–Kier alpha value is -3.29. The highest BCUT2D eigenvalue weighted by molar-refractivity contribution is 6.02. The van der Waals surface area contributed by atoms with Gasteiger partial charge in [-0.25, -0.2) is 4.98 Å². The largest absolute Gasteiger partial charge is 0.388 e. The van der Waals surface area contributed by atoms with Crippen LogP contribution in [0.2, 0.25) is 0 Å². The summed E-state index contributed by atoms with van der Waals surface area (Å²) in [5, 5.41) is 0.924. The molecule has 0 fully saturated rings. The van der Waals surface area contributed by atoms with Crippen LogP contribution in [0, 0.1) is 0 Å². The predicted molar refractivity (Wildman–Crippen MR) is 148 cm³/mol. The third kappa shape index (κ3) is 7.87. The summed E-state index contributed by atoms with van der Waals surface area (Å²) in [5.41, 5.74) is 11.6. The topological polar surface area (TPSA) is 84.0 Å². The van der Waals surface area contributed by atoms with Gasteiger partial charge in [-0.05, 0) is 50.5 Å². The minimum absolute atomic E-state index is 0.326. The molecule has 0 aliphatic heterocycles. The highest BCUT2D eigenvalue weighted by atomic mass is 16.4. The van der Waals surface area contributed by atoms with E-state index < -0.39 is 0 Å². The Morgan fingerprint density at radius 1 is 1.06 bits per heavy atom. The molecule has 2 N–H and O–H groups in total. The van der Waals surface area contributed by atoms with Crippen LogP contribution >= 0.6 is 0 Å². The van der Waals surface area contributed by atoms with Gasteiger partial charge in [-0.1, -0.05) is 50.1 Å². The first kappa shape index (κ1) is 28.0. The van der Waals surface area contributed by atoms with Crippen molar-refractivity contribution in [3.05, 3.63) is 59.2 Å². The summed E-state index contributed by atoms with van der Waals surface area (Å²) in [4.78, 5) is 24.5. The Kier molecular flexibility index (Phi) is 11.3. The first-order valence-electron chi connectivity index (χ1n) is 11.9. The molecule has 0 saturated heterocycles. The van der Waals surface area contributed by atoms with Gasteiger partial charge in [0, 0.05) is 44.8 Å². The molecule has 35 heavy (non-hydrogen) atoms. The van der Waals surface area contributed by atoms with Crippen LogP contribution in [0.3, 0.4) is 0 Å². The fraction of sp³-hybridized carbons (Fsp3) is 0.393. The second-order valence-electron chi connectivity index (χ2n) is 8.84. The third-order valence-corrected chi connectivity index (χ3v) is 5.52. The number of carbonyl (C=O) groups is 1. The molecule has 0 aliphatic carbocycles. The standard InChI is InChI=1S/C26H33N5O.C2H6O/c1-5-6-7-14-31(17-20-10-8-19(9-11-20)16-30(3)4)25-22-13-12-21(18-32)15-23(22)29-26(27)24(25)28-2;1-3-2/h8-13,15,18H,2,5-7,14,16-17H2,1,3-4H3,(H2,27,29);1-2H3. The van der Waals surface area contributed by atoms with Gasteiger partial charge in [-0.2, -0.15) is 0 Å². The molecule has 0 bridgehead atoms. The normalized spacial score (nSPS) is 10.7. The number of aliphatic imine (C=N–C) groups is 1. The molecular formula is C28H39N5O2. The summed E-state index contributed by atoms with van der Waals surface area (Å²) in [5.74, 6) is 0.326. The maximum atomic E-state index is 11.3. The molecule has 0 spiro atoms. The molecule has 7 heteroatoms. The van der Waals surface area contributed by atoms with Crippen LogP contribution in [0.25, 0.3) is 10.9 Å². The van der Waals surface area contributed by atoms with Crippen molar-refractivity contribution in [3.8, 4) is 0 Å². The van der Waals surface area contributed by atoms with Crippen molar-refractivity contribution < 1.29 is 9.53 Å². The molecule has 7 nitrogen and oxygen atoms in total. The molecule has 3 rings (SSSR count). The van der Waals surface area contributed by atoms with Crippen LogP contribution in [0.1, 0.15) is 47.7 Å². The van der Waals surface area contributed by atoms with E-state index >= 15 is 0 Å². The number of hydrogen-bond acceptors (Lipinski definition) is 7. The Bertz CT molecular complexity index is 1100. The van der Waals surface area contributed by atoms with Gasteiger partial charge in [0.15, 0.2) is 5.82 Å². The van der Waals surface area contributed by atoms with Crippen LogP contribution < -0.4 is 10.6 Å². The van der Waals surface area contributed by atoms with E-state index in [0.717, 1.165) is 56.3 Å². The van der Waals surface area contributed by atoms with E-state index in [-0.39, 0.29) is 0 Å². The lowest BCUT2D eigenvalue weighted by Gasteiger charge is -2.28. The van der Waals surface area contributed by atoms with Crippen LogP contribution in [-0.2, 0) is 17.8 Å². The van der Waals surface area contributed by atoms with Crippen LogP contribution in [0.4, 0.5) is 17.2 Å². The number of ether oxygens (including phenoxy) is 1. The lowest BCUT2D eigenvalue weighted by atomic mass is 10.1. The molecular weight excluding hydrogens is 438 g/mol. The lowest BCUT2D eigenvalue weighted by Crippen LogP contribution is -2.25. The average molecular weight is 478 g/mol. The number of nitrogens with zero attached hydrogens (tertiary/aromatic N) is 4. The fourth-order valence-corrected chi connectivity index (χ4v) is 3.98. The second kappa shape index (κ2) is 14.2. The van der Waals surface area contributed by atoms with Crippen molar-refractivity contribution in [2.75, 3.05) is 45.5 Å². The summed E-state index contributed by atoms with van der Waals surface area (Å²) in [6.07, 6.45) is 4.16. The predicted octanol–water partition coefficient (Wildman–Crippen LogP) is 5.48. The SMILES string of the molecule is C=Nc1c(N)nc2cc(C=O)ccc2c1N(CCCCC)Cc1ccc(CN(C)C)cc1.COC. The Morgan fingerprint density at radius 3 is 2.23 bits per heavy atom. The first-order chi connectivity index (χ1) is 16.9. The number of aldehydes is 1. The molecule has 1 heterocycles. The van der Waals surface area contributed by atoms with Crippen molar-refractivity contribution in [1.29, 1.82) is 0 Å². The molecule has 0 atom stereocenters. The molecule has 1 aromatic heterocycles. The minimum atomic E-state index is 0.326. The fourth-order valence-electron chi connectivity index (χ4n) is 3.98. The van der Waals surface area contributed by atoms with Crippen molar-refractivity contribution in [1.82, 2.24) is 9.88 Å². The Balaban J connectivity index is 0.00000137. The number of anilines is 2. The monoisotopic (exact) mass is 477 g/mol. The summed E-state index contributed by atoms with van der Waals surface area (Å²) in [7, 11) is 7.39. The van der Waals surface area contributed by atoms with Gasteiger partial charge >= 0.3 is 0 Å². The summed E-state index contributed by atoms with van der Waals surface area (Å²) < 4.78 is 4.25. The quantitative estimate of drug-likeness (QED) is 0.224. The van der Waals surface area contributed by atoms with E-state index in [1.54, 1.807) is 20.3 Å². The van der Waals surface area contributed by atoms with Gasteiger partial charge in [0.1, 0.15) is 12.0 Å². The summed E-state index contributed by atoms with van der Waals surface area (Å²) >= 11 is 0. The Labute approximate surface area is 209 Å². The number of nitrogen functional groups attached to an aromatic ring is 1. The summed E-state index contributed by atoms with van der Waals surface area (Å²) in [6.45, 7) is 8.46. The molecule has 0 radical (unpaired) electrons. The highest BCUT2D eigenvalue weighted by Gasteiger charge is 2.19. The first-order valence-corrected chi connectivity index (χ1v) is 11.9. The zero-order valence-electron chi connectivity index (χ0n) is 21.8. The average Bonchev–Trinajstić information content (AvgIpc) is 2.83. The number of pyridine rings is 1. The molecule has 0 unspecified atom stereocenters. The van der Waals surface area contributed by atoms with Crippen LogP contribution in [0.15, 0.2) is 47.5 Å². The molecule has 188 valence electrons. The second-order valence-corrected chi connectivity index (χ2v) is 8.84. The van der Waals surface area contributed by atoms with Gasteiger partial charge < -0.3 is 20.3 Å². The van der Waals surface area contributed by atoms with E-state index in [0.29, 0.717) is 22.6 Å². The van der Waals surface area contributed by atoms with E-state index in [4.69, 9.17) is 5.73 Å². The van der Waals surface area contributed by atoms with Crippen molar-refractivity contribution in [2.45, 2.75) is 39.3 Å². The van der Waals surface area contributed by atoms with Crippen molar-refractivity contribution in [2.24, 2.45) is 4.99 Å². The number of unbranched alkanes of at least 4 members (excludes halogenated alkanes) is 2. The van der Waals surface area contributed by atoms with E-state index in [9.17, 15) is 4.79 Å². The molecule has 0 aliphatic rings. The number of nitrogens with two attached hydrogens (primary N) is 1. The smallest absolute Gasteiger partial charge is 0.152 e. The lowest BCUT2D eigenvalue weighted by molar-refractivity contribution is 0.112. The third-order valence-electron chi connectivity index (χ3n) is 5.52. The number of benzene rings is 2. The molecule has 0 amide bonds. The van der Waals surface area contributed by atoms with E-state index in [1.807, 2.05) is 12.1 Å². The number of rotatable bonds is 11.